The van der Waals surface area contributed by atoms with E-state index in [4.69, 9.17) is 18.6 Å². The van der Waals surface area contributed by atoms with Crippen LogP contribution in [-0.4, -0.2) is 58.7 Å². The molecule has 1 fully saturated rings. The zero-order valence-electron chi connectivity index (χ0n) is 19.3. The van der Waals surface area contributed by atoms with E-state index < -0.39 is 10.0 Å². The highest BCUT2D eigenvalue weighted by atomic mass is 32.2. The summed E-state index contributed by atoms with van der Waals surface area (Å²) >= 11 is 0. The van der Waals surface area contributed by atoms with Gasteiger partial charge in [-0.1, -0.05) is 0 Å². The van der Waals surface area contributed by atoms with Crippen LogP contribution in [0.25, 0.3) is 11.0 Å². The number of hydrogen-bond donors (Lipinski definition) is 1. The molecule has 2 aliphatic rings. The number of anilines is 1. The highest BCUT2D eigenvalue weighted by Gasteiger charge is 2.30. The number of rotatable bonds is 4. The zero-order valence-corrected chi connectivity index (χ0v) is 20.1. The SMILES string of the molecule is Cc1cc2c(C)c(C(=O)N3CCOCC3)oc2c(S(=O)(=O)Nc2ccc3c(c2)OCCO3)c1C. The van der Waals surface area contributed by atoms with E-state index in [-0.39, 0.29) is 22.1 Å². The van der Waals surface area contributed by atoms with Crippen LogP contribution in [0, 0.1) is 20.8 Å². The minimum Gasteiger partial charge on any atom is -0.486 e. The maximum absolute atomic E-state index is 13.6. The van der Waals surface area contributed by atoms with Crippen LogP contribution in [0.2, 0.25) is 0 Å². The molecule has 10 heteroatoms. The molecule has 9 nitrogen and oxygen atoms in total. The maximum atomic E-state index is 13.6. The number of carbonyl (C=O) groups is 1. The van der Waals surface area contributed by atoms with Crippen molar-refractivity contribution in [1.29, 1.82) is 0 Å². The van der Waals surface area contributed by atoms with Gasteiger partial charge in [0.1, 0.15) is 18.1 Å². The molecule has 0 saturated carbocycles. The van der Waals surface area contributed by atoms with Gasteiger partial charge in [0, 0.05) is 30.1 Å². The Bertz CT molecular complexity index is 1390. The zero-order chi connectivity index (χ0) is 24.0. The van der Waals surface area contributed by atoms with E-state index in [1.54, 1.807) is 36.9 Å². The lowest BCUT2D eigenvalue weighted by Gasteiger charge is -2.26. The van der Waals surface area contributed by atoms with E-state index >= 15 is 0 Å². The summed E-state index contributed by atoms with van der Waals surface area (Å²) in [4.78, 5) is 14.8. The van der Waals surface area contributed by atoms with Crippen molar-refractivity contribution >= 4 is 32.6 Å². The summed E-state index contributed by atoms with van der Waals surface area (Å²) in [6.07, 6.45) is 0. The lowest BCUT2D eigenvalue weighted by atomic mass is 10.0. The van der Waals surface area contributed by atoms with Gasteiger partial charge in [0.2, 0.25) is 0 Å². The Morgan fingerprint density at radius 1 is 0.941 bits per heavy atom. The molecule has 1 N–H and O–H groups in total. The van der Waals surface area contributed by atoms with Gasteiger partial charge in [0.05, 0.1) is 18.9 Å². The van der Waals surface area contributed by atoms with Crippen LogP contribution in [0.5, 0.6) is 11.5 Å². The lowest BCUT2D eigenvalue weighted by Crippen LogP contribution is -2.40. The number of ether oxygens (including phenoxy) is 3. The molecule has 2 aromatic carbocycles. The number of nitrogens with one attached hydrogen (secondary N) is 1. The molecular weight excluding hydrogens is 460 g/mol. The van der Waals surface area contributed by atoms with Gasteiger partial charge in [-0.05, 0) is 50.1 Å². The number of nitrogens with zero attached hydrogens (tertiary/aromatic N) is 1. The van der Waals surface area contributed by atoms with Gasteiger partial charge in [-0.3, -0.25) is 9.52 Å². The first-order valence-electron chi connectivity index (χ1n) is 11.1. The molecule has 1 amide bonds. The van der Waals surface area contributed by atoms with Crippen molar-refractivity contribution in [2.24, 2.45) is 0 Å². The average molecular weight is 487 g/mol. The Kier molecular flexibility index (Phi) is 5.65. The summed E-state index contributed by atoms with van der Waals surface area (Å²) in [5.74, 6) is 0.925. The summed E-state index contributed by atoms with van der Waals surface area (Å²) in [7, 11) is -4.06. The van der Waals surface area contributed by atoms with Crippen molar-refractivity contribution in [3.63, 3.8) is 0 Å². The molecule has 5 rings (SSSR count). The molecule has 1 saturated heterocycles. The van der Waals surface area contributed by atoms with Crippen LogP contribution in [0.1, 0.15) is 27.2 Å². The normalized spacial score (nSPS) is 16.0. The summed E-state index contributed by atoms with van der Waals surface area (Å²) < 4.78 is 52.2. The number of morpholine rings is 1. The number of aryl methyl sites for hydroxylation is 2. The second-order valence-electron chi connectivity index (χ2n) is 8.45. The van der Waals surface area contributed by atoms with E-state index in [2.05, 4.69) is 4.72 Å². The highest BCUT2D eigenvalue weighted by Crippen LogP contribution is 2.37. The van der Waals surface area contributed by atoms with Crippen LogP contribution in [0.3, 0.4) is 0 Å². The quantitative estimate of drug-likeness (QED) is 0.602. The molecule has 0 atom stereocenters. The van der Waals surface area contributed by atoms with E-state index in [0.29, 0.717) is 73.2 Å². The van der Waals surface area contributed by atoms with Gasteiger partial charge >= 0.3 is 0 Å². The van der Waals surface area contributed by atoms with Gasteiger partial charge in [0.25, 0.3) is 15.9 Å². The molecule has 180 valence electrons. The predicted molar refractivity (Wildman–Crippen MR) is 125 cm³/mol. The monoisotopic (exact) mass is 486 g/mol. The van der Waals surface area contributed by atoms with E-state index in [1.165, 1.54) is 0 Å². The third-order valence-corrected chi connectivity index (χ3v) is 7.78. The minimum absolute atomic E-state index is 0.0153. The number of sulfonamides is 1. The highest BCUT2D eigenvalue weighted by molar-refractivity contribution is 7.93. The Labute approximate surface area is 197 Å². The molecule has 34 heavy (non-hydrogen) atoms. The molecule has 0 aliphatic carbocycles. The van der Waals surface area contributed by atoms with Gasteiger partial charge < -0.3 is 23.5 Å². The summed E-state index contributed by atoms with van der Waals surface area (Å²) in [5.41, 5.74) is 2.46. The van der Waals surface area contributed by atoms with Crippen LogP contribution in [0.15, 0.2) is 33.6 Å². The van der Waals surface area contributed by atoms with Crippen LogP contribution >= 0.6 is 0 Å². The van der Waals surface area contributed by atoms with Crippen molar-refractivity contribution in [2.75, 3.05) is 44.2 Å². The Balaban J connectivity index is 1.58. The summed E-state index contributed by atoms with van der Waals surface area (Å²) in [5, 5.41) is 0.599. The summed E-state index contributed by atoms with van der Waals surface area (Å²) in [6, 6.07) is 6.74. The summed E-state index contributed by atoms with van der Waals surface area (Å²) in [6.45, 7) is 8.04. The van der Waals surface area contributed by atoms with E-state index in [9.17, 15) is 13.2 Å². The predicted octanol–water partition coefficient (Wildman–Crippen LogP) is 3.40. The number of furan rings is 1. The Hall–Kier alpha value is -3.24. The van der Waals surface area contributed by atoms with E-state index in [1.807, 2.05) is 13.0 Å². The smallest absolute Gasteiger partial charge is 0.290 e. The van der Waals surface area contributed by atoms with Gasteiger partial charge in [-0.25, -0.2) is 8.42 Å². The van der Waals surface area contributed by atoms with Crippen molar-refractivity contribution in [2.45, 2.75) is 25.7 Å². The molecule has 0 radical (unpaired) electrons. The Morgan fingerprint density at radius 3 is 2.38 bits per heavy atom. The molecule has 3 heterocycles. The van der Waals surface area contributed by atoms with Crippen LogP contribution in [-0.2, 0) is 14.8 Å². The second-order valence-corrected chi connectivity index (χ2v) is 10.1. The molecular formula is C24H26N2O7S. The molecule has 0 bridgehead atoms. The fourth-order valence-corrected chi connectivity index (χ4v) is 5.79. The number of fused-ring (bicyclic) bond motifs is 2. The van der Waals surface area contributed by atoms with Crippen LogP contribution < -0.4 is 14.2 Å². The number of carbonyl (C=O) groups excluding carboxylic acids is 1. The fourth-order valence-electron chi connectivity index (χ4n) is 4.29. The first kappa shape index (κ1) is 22.5. The van der Waals surface area contributed by atoms with Crippen molar-refractivity contribution in [3.8, 4) is 11.5 Å². The van der Waals surface area contributed by atoms with Crippen molar-refractivity contribution < 1.29 is 31.8 Å². The minimum atomic E-state index is -4.06. The molecule has 0 unspecified atom stereocenters. The topological polar surface area (TPSA) is 107 Å². The van der Waals surface area contributed by atoms with Gasteiger partial charge in [0.15, 0.2) is 22.8 Å². The second kappa shape index (κ2) is 8.52. The average Bonchev–Trinajstić information content (AvgIpc) is 3.14. The maximum Gasteiger partial charge on any atom is 0.290 e. The first-order valence-corrected chi connectivity index (χ1v) is 12.6. The standard InChI is InChI=1S/C24H26N2O7S/c1-14-12-18-16(3)21(24(27)26-6-8-30-9-7-26)33-22(18)23(15(14)2)34(28,29)25-17-4-5-19-20(13-17)32-11-10-31-19/h4-5,12-13,25H,6-11H2,1-3H3. The first-order chi connectivity index (χ1) is 16.3. The molecule has 1 aromatic heterocycles. The molecule has 2 aliphatic heterocycles. The van der Waals surface area contributed by atoms with Crippen molar-refractivity contribution in [1.82, 2.24) is 4.90 Å². The van der Waals surface area contributed by atoms with Crippen LogP contribution in [0.4, 0.5) is 5.69 Å². The van der Waals surface area contributed by atoms with Crippen molar-refractivity contribution in [3.05, 3.63) is 46.7 Å². The fraction of sp³-hybridized carbons (Fsp3) is 0.375. The molecule has 3 aromatic rings. The van der Waals surface area contributed by atoms with E-state index in [0.717, 1.165) is 5.56 Å². The largest absolute Gasteiger partial charge is 0.486 e. The number of benzene rings is 2. The third-order valence-electron chi connectivity index (χ3n) is 6.25. The lowest BCUT2D eigenvalue weighted by molar-refractivity contribution is 0.0283. The third kappa shape index (κ3) is 3.86. The van der Waals surface area contributed by atoms with Gasteiger partial charge in [-0.15, -0.1) is 0 Å². The van der Waals surface area contributed by atoms with Gasteiger partial charge in [-0.2, -0.15) is 0 Å². The number of hydrogen-bond acceptors (Lipinski definition) is 7. The number of amides is 1. The Morgan fingerprint density at radius 2 is 1.65 bits per heavy atom. The molecule has 0 spiro atoms.